The molecule has 0 aromatic heterocycles. The van der Waals surface area contributed by atoms with E-state index in [0.29, 0.717) is 19.5 Å². The molecule has 0 aliphatic heterocycles. The average molecular weight is 429 g/mol. The van der Waals surface area contributed by atoms with E-state index in [-0.39, 0.29) is 18.2 Å². The molecule has 166 valence electrons. The summed E-state index contributed by atoms with van der Waals surface area (Å²) in [5.74, 6) is -0.176. The fourth-order valence-electron chi connectivity index (χ4n) is 3.82. The lowest BCUT2D eigenvalue weighted by Gasteiger charge is -2.31. The summed E-state index contributed by atoms with van der Waals surface area (Å²) in [6, 6.07) is 25.3. The van der Waals surface area contributed by atoms with Crippen molar-refractivity contribution in [3.05, 3.63) is 107 Å². The minimum Gasteiger partial charge on any atom is -0.355 e. The first-order valence-electron chi connectivity index (χ1n) is 11.2. The van der Waals surface area contributed by atoms with Crippen LogP contribution >= 0.6 is 0 Å². The summed E-state index contributed by atoms with van der Waals surface area (Å²) in [4.78, 5) is 28.5. The standard InChI is InChI=1S/C28H32N2O2/c1-4-29-28(32)26(18-23-11-7-5-8-12-23)30(20-24-13-9-6-10-14-24)27(31)19-25-16-15-21(2)22(3)17-25/h5-17,26H,4,18-20H2,1-3H3,(H,29,32)/t26-/m0/s1. The Kier molecular flexibility index (Phi) is 8.20. The molecule has 0 saturated carbocycles. The Labute approximate surface area is 191 Å². The molecule has 1 N–H and O–H groups in total. The molecule has 4 nitrogen and oxygen atoms in total. The molecule has 32 heavy (non-hydrogen) atoms. The number of nitrogens with one attached hydrogen (secondary N) is 1. The Balaban J connectivity index is 1.94. The Hall–Kier alpha value is -3.40. The van der Waals surface area contributed by atoms with E-state index < -0.39 is 6.04 Å². The van der Waals surface area contributed by atoms with Gasteiger partial charge in [-0.1, -0.05) is 78.9 Å². The first-order chi connectivity index (χ1) is 15.5. The van der Waals surface area contributed by atoms with E-state index in [2.05, 4.69) is 25.2 Å². The van der Waals surface area contributed by atoms with Crippen LogP contribution in [0.5, 0.6) is 0 Å². The number of nitrogens with zero attached hydrogens (tertiary/aromatic N) is 1. The summed E-state index contributed by atoms with van der Waals surface area (Å²) in [5, 5.41) is 2.93. The van der Waals surface area contributed by atoms with Crippen molar-refractivity contribution in [3.63, 3.8) is 0 Å². The summed E-state index contributed by atoms with van der Waals surface area (Å²) in [5.41, 5.74) is 5.36. The highest BCUT2D eigenvalue weighted by molar-refractivity contribution is 5.88. The molecule has 3 aromatic carbocycles. The second-order valence-corrected chi connectivity index (χ2v) is 8.20. The zero-order chi connectivity index (χ0) is 22.9. The molecule has 4 heteroatoms. The smallest absolute Gasteiger partial charge is 0.243 e. The maximum absolute atomic E-state index is 13.6. The van der Waals surface area contributed by atoms with Crippen molar-refractivity contribution in [2.24, 2.45) is 0 Å². The minimum atomic E-state index is -0.586. The van der Waals surface area contributed by atoms with Crippen molar-refractivity contribution in [2.45, 2.75) is 46.2 Å². The lowest BCUT2D eigenvalue weighted by atomic mass is 10.00. The highest BCUT2D eigenvalue weighted by Gasteiger charge is 2.30. The summed E-state index contributed by atoms with van der Waals surface area (Å²) >= 11 is 0. The number of rotatable bonds is 9. The number of hydrogen-bond acceptors (Lipinski definition) is 2. The van der Waals surface area contributed by atoms with Gasteiger partial charge in [-0.25, -0.2) is 0 Å². The topological polar surface area (TPSA) is 49.4 Å². The van der Waals surface area contributed by atoms with Crippen LogP contribution in [-0.2, 0) is 29.0 Å². The second kappa shape index (κ2) is 11.3. The zero-order valence-corrected chi connectivity index (χ0v) is 19.2. The summed E-state index contributed by atoms with van der Waals surface area (Å²) < 4.78 is 0. The molecule has 3 aromatic rings. The number of carbonyl (C=O) groups excluding carboxylic acids is 2. The van der Waals surface area contributed by atoms with E-state index in [9.17, 15) is 9.59 Å². The molecular weight excluding hydrogens is 396 g/mol. The highest BCUT2D eigenvalue weighted by Crippen LogP contribution is 2.18. The van der Waals surface area contributed by atoms with Crippen molar-refractivity contribution in [1.82, 2.24) is 10.2 Å². The predicted molar refractivity (Wildman–Crippen MR) is 129 cm³/mol. The molecule has 0 bridgehead atoms. The van der Waals surface area contributed by atoms with Gasteiger partial charge in [-0.3, -0.25) is 9.59 Å². The number of benzene rings is 3. The van der Waals surface area contributed by atoms with Crippen molar-refractivity contribution in [3.8, 4) is 0 Å². The fraction of sp³-hybridized carbons (Fsp3) is 0.286. The van der Waals surface area contributed by atoms with Crippen LogP contribution in [0.1, 0.15) is 34.7 Å². The van der Waals surface area contributed by atoms with Crippen molar-refractivity contribution in [2.75, 3.05) is 6.54 Å². The maximum Gasteiger partial charge on any atom is 0.243 e. The van der Waals surface area contributed by atoms with Crippen LogP contribution in [0, 0.1) is 13.8 Å². The van der Waals surface area contributed by atoms with E-state index in [4.69, 9.17) is 0 Å². The van der Waals surface area contributed by atoms with Crippen molar-refractivity contribution < 1.29 is 9.59 Å². The van der Waals surface area contributed by atoms with Crippen LogP contribution in [0.15, 0.2) is 78.9 Å². The quantitative estimate of drug-likeness (QED) is 0.541. The number of carbonyl (C=O) groups is 2. The van der Waals surface area contributed by atoms with Gasteiger partial charge in [-0.2, -0.15) is 0 Å². The summed E-state index contributed by atoms with van der Waals surface area (Å²) in [7, 11) is 0. The van der Waals surface area contributed by atoms with Gasteiger partial charge in [0.05, 0.1) is 6.42 Å². The normalized spacial score (nSPS) is 11.6. The Bertz CT molecular complexity index is 1030. The molecule has 0 saturated heterocycles. The number of amides is 2. The van der Waals surface area contributed by atoms with Gasteiger partial charge in [0.25, 0.3) is 0 Å². The van der Waals surface area contributed by atoms with E-state index in [1.807, 2.05) is 79.7 Å². The number of aryl methyl sites for hydroxylation is 2. The molecule has 2 amide bonds. The second-order valence-electron chi connectivity index (χ2n) is 8.20. The molecule has 0 unspecified atom stereocenters. The molecule has 0 spiro atoms. The van der Waals surface area contributed by atoms with Crippen LogP contribution in [-0.4, -0.2) is 29.3 Å². The van der Waals surface area contributed by atoms with Crippen molar-refractivity contribution >= 4 is 11.8 Å². The van der Waals surface area contributed by atoms with Gasteiger partial charge >= 0.3 is 0 Å². The zero-order valence-electron chi connectivity index (χ0n) is 19.2. The average Bonchev–Trinajstić information content (AvgIpc) is 2.80. The summed E-state index contributed by atoms with van der Waals surface area (Å²) in [6.07, 6.45) is 0.733. The Morgan fingerprint density at radius 1 is 0.812 bits per heavy atom. The Morgan fingerprint density at radius 2 is 1.44 bits per heavy atom. The maximum atomic E-state index is 13.6. The lowest BCUT2D eigenvalue weighted by molar-refractivity contribution is -0.140. The van der Waals surface area contributed by atoms with Crippen molar-refractivity contribution in [1.29, 1.82) is 0 Å². The third-order valence-electron chi connectivity index (χ3n) is 5.74. The van der Waals surface area contributed by atoms with Crippen LogP contribution in [0.4, 0.5) is 0 Å². The van der Waals surface area contributed by atoms with Gasteiger partial charge in [-0.05, 0) is 48.6 Å². The van der Waals surface area contributed by atoms with Crippen LogP contribution < -0.4 is 5.32 Å². The van der Waals surface area contributed by atoms with Gasteiger partial charge < -0.3 is 10.2 Å². The van der Waals surface area contributed by atoms with Gasteiger partial charge in [0.15, 0.2) is 0 Å². The number of likely N-dealkylation sites (N-methyl/N-ethyl adjacent to an activating group) is 1. The molecule has 0 aliphatic rings. The monoisotopic (exact) mass is 428 g/mol. The fourth-order valence-corrected chi connectivity index (χ4v) is 3.82. The van der Waals surface area contributed by atoms with E-state index in [1.165, 1.54) is 5.56 Å². The van der Waals surface area contributed by atoms with Gasteiger partial charge in [0.2, 0.25) is 11.8 Å². The Morgan fingerprint density at radius 3 is 2.03 bits per heavy atom. The molecule has 0 radical (unpaired) electrons. The lowest BCUT2D eigenvalue weighted by Crippen LogP contribution is -2.50. The molecule has 3 rings (SSSR count). The third-order valence-corrected chi connectivity index (χ3v) is 5.74. The number of hydrogen-bond donors (Lipinski definition) is 1. The highest BCUT2D eigenvalue weighted by atomic mass is 16.2. The first kappa shape index (κ1) is 23.3. The summed E-state index contributed by atoms with van der Waals surface area (Å²) in [6.45, 7) is 6.93. The minimum absolute atomic E-state index is 0.0516. The van der Waals surface area contributed by atoms with Crippen LogP contribution in [0.25, 0.3) is 0 Å². The molecule has 0 fully saturated rings. The van der Waals surface area contributed by atoms with E-state index in [0.717, 1.165) is 22.3 Å². The van der Waals surface area contributed by atoms with E-state index in [1.54, 1.807) is 4.90 Å². The molecule has 1 atom stereocenters. The van der Waals surface area contributed by atoms with Gasteiger partial charge in [-0.15, -0.1) is 0 Å². The van der Waals surface area contributed by atoms with Gasteiger partial charge in [0.1, 0.15) is 6.04 Å². The SMILES string of the molecule is CCNC(=O)[C@H](Cc1ccccc1)N(Cc1ccccc1)C(=O)Cc1ccc(C)c(C)c1. The predicted octanol–water partition coefficient (Wildman–Crippen LogP) is 4.62. The molecular formula is C28H32N2O2. The molecule has 0 aliphatic carbocycles. The first-order valence-corrected chi connectivity index (χ1v) is 11.2. The van der Waals surface area contributed by atoms with Gasteiger partial charge in [0, 0.05) is 19.5 Å². The van der Waals surface area contributed by atoms with E-state index >= 15 is 0 Å². The third kappa shape index (κ3) is 6.30. The largest absolute Gasteiger partial charge is 0.355 e. The van der Waals surface area contributed by atoms with Crippen LogP contribution in [0.3, 0.4) is 0 Å². The van der Waals surface area contributed by atoms with Crippen LogP contribution in [0.2, 0.25) is 0 Å². The molecule has 0 heterocycles.